The van der Waals surface area contributed by atoms with Crippen molar-refractivity contribution in [1.29, 1.82) is 0 Å². The lowest BCUT2D eigenvalue weighted by Crippen LogP contribution is -2.34. The van der Waals surface area contributed by atoms with Crippen molar-refractivity contribution >= 4 is 23.1 Å². The number of nitrogens with zero attached hydrogens (tertiary/aromatic N) is 1. The van der Waals surface area contributed by atoms with E-state index in [0.29, 0.717) is 28.5 Å². The number of benzene rings is 1. The molecule has 1 amide bonds. The van der Waals surface area contributed by atoms with Crippen molar-refractivity contribution < 1.29 is 14.3 Å². The lowest BCUT2D eigenvalue weighted by atomic mass is 10.1. The summed E-state index contributed by atoms with van der Waals surface area (Å²) in [5, 5.41) is 3.64. The van der Waals surface area contributed by atoms with E-state index in [0.717, 1.165) is 25.7 Å². The molecule has 6 heteroatoms. The molecule has 126 valence electrons. The number of methoxy groups -OCH3 is 1. The van der Waals surface area contributed by atoms with Crippen molar-refractivity contribution in [2.24, 2.45) is 0 Å². The molecule has 0 radical (unpaired) electrons. The predicted octanol–water partition coefficient (Wildman–Crippen LogP) is 1.88. The van der Waals surface area contributed by atoms with E-state index < -0.39 is 0 Å². The van der Waals surface area contributed by atoms with Gasteiger partial charge in [-0.05, 0) is 25.0 Å². The van der Waals surface area contributed by atoms with Gasteiger partial charge in [-0.15, -0.1) is 0 Å². The summed E-state index contributed by atoms with van der Waals surface area (Å²) in [6, 6.07) is 6.64. The highest BCUT2D eigenvalue weighted by atomic mass is 16.5. The van der Waals surface area contributed by atoms with Crippen molar-refractivity contribution in [2.75, 3.05) is 7.11 Å². The van der Waals surface area contributed by atoms with Gasteiger partial charge in [-0.3, -0.25) is 9.59 Å². The summed E-state index contributed by atoms with van der Waals surface area (Å²) >= 11 is 0. The third kappa shape index (κ3) is 3.04. The molecular weight excluding hydrogens is 308 g/mol. The van der Waals surface area contributed by atoms with E-state index in [1.807, 2.05) is 0 Å². The van der Waals surface area contributed by atoms with Gasteiger partial charge in [-0.2, -0.15) is 0 Å². The van der Waals surface area contributed by atoms with Gasteiger partial charge in [0, 0.05) is 23.6 Å². The van der Waals surface area contributed by atoms with Gasteiger partial charge in [0.05, 0.1) is 24.7 Å². The molecule has 24 heavy (non-hydrogen) atoms. The third-order valence-corrected chi connectivity index (χ3v) is 4.51. The first-order valence-corrected chi connectivity index (χ1v) is 8.10. The Kier molecular flexibility index (Phi) is 4.64. The van der Waals surface area contributed by atoms with Crippen molar-refractivity contribution in [3.05, 3.63) is 40.2 Å². The zero-order valence-electron chi connectivity index (χ0n) is 13.6. The number of hydrogen-bond donors (Lipinski definition) is 1. The highest BCUT2D eigenvalue weighted by Crippen LogP contribution is 2.24. The standard InChI is InChI=1S/C18H20N2O4/c1-24-13-6-7-14-15(18(23)19-12-4-2-3-5-12)11-17(22)20(8-9-21)16(14)10-13/h6-7,9-12H,2-5,8H2,1H3,(H,19,23). The van der Waals surface area contributed by atoms with Gasteiger partial charge in [0.1, 0.15) is 12.0 Å². The Morgan fingerprint density at radius 3 is 2.75 bits per heavy atom. The van der Waals surface area contributed by atoms with Crippen LogP contribution in [-0.2, 0) is 11.3 Å². The number of aldehydes is 1. The predicted molar refractivity (Wildman–Crippen MR) is 90.5 cm³/mol. The van der Waals surface area contributed by atoms with Crippen molar-refractivity contribution in [1.82, 2.24) is 9.88 Å². The Labute approximate surface area is 139 Å². The SMILES string of the molecule is COc1ccc2c(C(=O)NC3CCCC3)cc(=O)n(CC=O)c2c1. The lowest BCUT2D eigenvalue weighted by molar-refractivity contribution is -0.108. The average Bonchev–Trinajstić information content (AvgIpc) is 3.09. The molecule has 0 atom stereocenters. The summed E-state index contributed by atoms with van der Waals surface area (Å²) < 4.78 is 6.54. The van der Waals surface area contributed by atoms with E-state index >= 15 is 0 Å². The first-order chi connectivity index (χ1) is 11.6. The quantitative estimate of drug-likeness (QED) is 0.850. The largest absolute Gasteiger partial charge is 0.497 e. The normalized spacial score (nSPS) is 14.7. The maximum atomic E-state index is 12.6. The van der Waals surface area contributed by atoms with E-state index in [1.165, 1.54) is 17.7 Å². The van der Waals surface area contributed by atoms with Crippen LogP contribution in [0.2, 0.25) is 0 Å². The minimum atomic E-state index is -0.376. The topological polar surface area (TPSA) is 77.4 Å². The number of amides is 1. The summed E-state index contributed by atoms with van der Waals surface area (Å²) in [7, 11) is 1.53. The Bertz CT molecular complexity index is 835. The van der Waals surface area contributed by atoms with Crippen LogP contribution in [0, 0.1) is 0 Å². The minimum Gasteiger partial charge on any atom is -0.497 e. The van der Waals surface area contributed by atoms with E-state index in [-0.39, 0.29) is 24.1 Å². The number of carbonyl (C=O) groups excluding carboxylic acids is 2. The lowest BCUT2D eigenvalue weighted by Gasteiger charge is -2.15. The van der Waals surface area contributed by atoms with Gasteiger partial charge in [0.2, 0.25) is 0 Å². The second kappa shape index (κ2) is 6.86. The Morgan fingerprint density at radius 2 is 2.08 bits per heavy atom. The van der Waals surface area contributed by atoms with Crippen LogP contribution in [0.15, 0.2) is 29.1 Å². The molecular formula is C18H20N2O4. The van der Waals surface area contributed by atoms with Gasteiger partial charge >= 0.3 is 0 Å². The summed E-state index contributed by atoms with van der Waals surface area (Å²) in [5.74, 6) is 0.322. The van der Waals surface area contributed by atoms with E-state index in [4.69, 9.17) is 4.74 Å². The molecule has 0 aliphatic heterocycles. The Balaban J connectivity index is 2.10. The molecule has 6 nitrogen and oxygen atoms in total. The molecule has 0 unspecified atom stereocenters. The monoisotopic (exact) mass is 328 g/mol. The number of aromatic nitrogens is 1. The number of nitrogens with one attached hydrogen (secondary N) is 1. The highest BCUT2D eigenvalue weighted by molar-refractivity contribution is 6.06. The molecule has 1 N–H and O–H groups in total. The van der Waals surface area contributed by atoms with Crippen molar-refractivity contribution in [3.8, 4) is 5.75 Å². The number of pyridine rings is 1. The summed E-state index contributed by atoms with van der Waals surface area (Å²) in [5.41, 5.74) is 0.483. The van der Waals surface area contributed by atoms with Gasteiger partial charge < -0.3 is 19.4 Å². The molecule has 1 aromatic heterocycles. The number of ether oxygens (including phenoxy) is 1. The first-order valence-electron chi connectivity index (χ1n) is 8.10. The van der Waals surface area contributed by atoms with Crippen LogP contribution in [0.5, 0.6) is 5.75 Å². The minimum absolute atomic E-state index is 0.0625. The van der Waals surface area contributed by atoms with Crippen molar-refractivity contribution in [3.63, 3.8) is 0 Å². The van der Waals surface area contributed by atoms with Crippen LogP contribution in [-0.4, -0.2) is 29.9 Å². The van der Waals surface area contributed by atoms with Gasteiger partial charge in [-0.1, -0.05) is 12.8 Å². The van der Waals surface area contributed by atoms with Gasteiger partial charge in [-0.25, -0.2) is 0 Å². The second-order valence-electron chi connectivity index (χ2n) is 6.01. The molecule has 1 fully saturated rings. The van der Waals surface area contributed by atoms with Gasteiger partial charge in [0.25, 0.3) is 11.5 Å². The van der Waals surface area contributed by atoms with Crippen LogP contribution in [0.4, 0.5) is 0 Å². The summed E-state index contributed by atoms with van der Waals surface area (Å²) in [6.45, 7) is -0.0625. The van der Waals surface area contributed by atoms with Crippen LogP contribution in [0.25, 0.3) is 10.9 Å². The summed E-state index contributed by atoms with van der Waals surface area (Å²) in [6.07, 6.45) is 4.84. The average molecular weight is 328 g/mol. The molecule has 0 saturated heterocycles. The molecule has 1 aromatic carbocycles. The molecule has 1 heterocycles. The molecule has 1 aliphatic carbocycles. The molecule has 3 rings (SSSR count). The molecule has 0 bridgehead atoms. The van der Waals surface area contributed by atoms with Crippen molar-refractivity contribution in [2.45, 2.75) is 38.3 Å². The van der Waals surface area contributed by atoms with Gasteiger partial charge in [0.15, 0.2) is 0 Å². The first kappa shape index (κ1) is 16.2. The van der Waals surface area contributed by atoms with Crippen LogP contribution < -0.4 is 15.6 Å². The second-order valence-corrected chi connectivity index (χ2v) is 6.01. The number of rotatable bonds is 5. The van der Waals surface area contributed by atoms with E-state index in [1.54, 1.807) is 18.2 Å². The summed E-state index contributed by atoms with van der Waals surface area (Å²) in [4.78, 5) is 35.9. The fourth-order valence-electron chi connectivity index (χ4n) is 3.27. The maximum Gasteiger partial charge on any atom is 0.252 e. The van der Waals surface area contributed by atoms with Crippen LogP contribution >= 0.6 is 0 Å². The van der Waals surface area contributed by atoms with E-state index in [9.17, 15) is 14.4 Å². The molecule has 0 spiro atoms. The molecule has 2 aromatic rings. The number of carbonyl (C=O) groups is 2. The zero-order valence-corrected chi connectivity index (χ0v) is 13.6. The molecule has 1 aliphatic rings. The fourth-order valence-corrected chi connectivity index (χ4v) is 3.27. The highest BCUT2D eigenvalue weighted by Gasteiger charge is 2.21. The Morgan fingerprint density at radius 1 is 1.33 bits per heavy atom. The number of hydrogen-bond acceptors (Lipinski definition) is 4. The maximum absolute atomic E-state index is 12.6. The van der Waals surface area contributed by atoms with Crippen LogP contribution in [0.3, 0.4) is 0 Å². The third-order valence-electron chi connectivity index (χ3n) is 4.51. The smallest absolute Gasteiger partial charge is 0.252 e. The van der Waals surface area contributed by atoms with E-state index in [2.05, 4.69) is 5.32 Å². The molecule has 1 saturated carbocycles. The number of fused-ring (bicyclic) bond motifs is 1. The Hall–Kier alpha value is -2.63. The zero-order chi connectivity index (χ0) is 17.1. The fraction of sp³-hybridized carbons (Fsp3) is 0.389. The van der Waals surface area contributed by atoms with Crippen LogP contribution in [0.1, 0.15) is 36.0 Å².